The predicted octanol–water partition coefficient (Wildman–Crippen LogP) is 1.68. The molecule has 4 nitrogen and oxygen atoms in total. The summed E-state index contributed by atoms with van der Waals surface area (Å²) >= 11 is 5.11. The lowest BCUT2D eigenvalue weighted by Crippen LogP contribution is -2.57. The zero-order valence-corrected chi connectivity index (χ0v) is 12.5. The van der Waals surface area contributed by atoms with Crippen molar-refractivity contribution in [3.05, 3.63) is 20.8 Å². The number of carbonyl (C=O) groups excluding carboxylic acids is 1. The van der Waals surface area contributed by atoms with Crippen LogP contribution in [0.3, 0.4) is 0 Å². The van der Waals surface area contributed by atoms with Gasteiger partial charge in [-0.1, -0.05) is 0 Å². The van der Waals surface area contributed by atoms with Crippen LogP contribution in [0.25, 0.3) is 0 Å². The van der Waals surface area contributed by atoms with Crippen LogP contribution < -0.4 is 11.1 Å². The second-order valence-electron chi connectivity index (χ2n) is 4.48. The molecule has 0 aromatic carbocycles. The zero-order valence-electron chi connectivity index (χ0n) is 10.1. The summed E-state index contributed by atoms with van der Waals surface area (Å²) in [6, 6.07) is 4.08. The van der Waals surface area contributed by atoms with Gasteiger partial charge >= 0.3 is 0 Å². The Labute approximate surface area is 119 Å². The van der Waals surface area contributed by atoms with E-state index in [1.165, 1.54) is 4.88 Å². The van der Waals surface area contributed by atoms with E-state index in [1.807, 2.05) is 6.07 Å². The fourth-order valence-electron chi connectivity index (χ4n) is 1.92. The van der Waals surface area contributed by atoms with Crippen molar-refractivity contribution in [2.45, 2.75) is 24.8 Å². The lowest BCUT2D eigenvalue weighted by Gasteiger charge is -2.31. The molecule has 1 aromatic rings. The standard InChI is InChI=1S/C12H17BrN2O2S/c13-10-2-1-9(18-10)3-6-15-11(16)12(14)4-7-17-8-5-12/h1-2H,3-8,14H2,(H,15,16). The molecule has 0 spiro atoms. The number of ether oxygens (including phenoxy) is 1. The third-order valence-corrected chi connectivity index (χ3v) is 4.81. The smallest absolute Gasteiger partial charge is 0.240 e. The first kappa shape index (κ1) is 14.0. The van der Waals surface area contributed by atoms with Gasteiger partial charge in [0.15, 0.2) is 0 Å². The van der Waals surface area contributed by atoms with Crippen molar-refractivity contribution < 1.29 is 9.53 Å². The quantitative estimate of drug-likeness (QED) is 0.881. The lowest BCUT2D eigenvalue weighted by atomic mass is 9.90. The summed E-state index contributed by atoms with van der Waals surface area (Å²) in [5, 5.41) is 2.92. The number of thiophene rings is 1. The summed E-state index contributed by atoms with van der Waals surface area (Å²) in [4.78, 5) is 13.3. The summed E-state index contributed by atoms with van der Waals surface area (Å²) in [7, 11) is 0. The Hall–Kier alpha value is -0.430. The highest BCUT2D eigenvalue weighted by molar-refractivity contribution is 9.11. The van der Waals surface area contributed by atoms with Crippen molar-refractivity contribution >= 4 is 33.2 Å². The number of hydrogen-bond donors (Lipinski definition) is 2. The molecule has 0 aliphatic carbocycles. The number of rotatable bonds is 4. The Morgan fingerprint density at radius 1 is 1.50 bits per heavy atom. The van der Waals surface area contributed by atoms with E-state index in [9.17, 15) is 4.79 Å². The highest BCUT2D eigenvalue weighted by Gasteiger charge is 2.35. The van der Waals surface area contributed by atoms with Crippen LogP contribution in [0.15, 0.2) is 15.9 Å². The van der Waals surface area contributed by atoms with Gasteiger partial charge in [0.05, 0.1) is 9.33 Å². The molecule has 100 valence electrons. The summed E-state index contributed by atoms with van der Waals surface area (Å²) in [5.41, 5.74) is 5.35. The van der Waals surface area contributed by atoms with Crippen LogP contribution in [0, 0.1) is 0 Å². The number of carbonyl (C=O) groups is 1. The molecular formula is C12H17BrN2O2S. The van der Waals surface area contributed by atoms with Crippen LogP contribution >= 0.6 is 27.3 Å². The maximum absolute atomic E-state index is 12.0. The van der Waals surface area contributed by atoms with E-state index in [-0.39, 0.29) is 5.91 Å². The molecule has 0 atom stereocenters. The third kappa shape index (κ3) is 3.54. The van der Waals surface area contributed by atoms with E-state index in [0.29, 0.717) is 32.6 Å². The Morgan fingerprint density at radius 3 is 2.83 bits per heavy atom. The minimum Gasteiger partial charge on any atom is -0.381 e. The highest BCUT2D eigenvalue weighted by Crippen LogP contribution is 2.22. The first-order valence-electron chi connectivity index (χ1n) is 5.99. The average molecular weight is 333 g/mol. The average Bonchev–Trinajstić information content (AvgIpc) is 2.76. The molecule has 1 aromatic heterocycles. The van der Waals surface area contributed by atoms with Gasteiger partial charge in [-0.15, -0.1) is 11.3 Å². The number of nitrogens with one attached hydrogen (secondary N) is 1. The largest absolute Gasteiger partial charge is 0.381 e. The number of amides is 1. The minimum absolute atomic E-state index is 0.0542. The van der Waals surface area contributed by atoms with Crippen LogP contribution in [0.5, 0.6) is 0 Å². The van der Waals surface area contributed by atoms with Crippen LogP contribution in [-0.4, -0.2) is 31.2 Å². The van der Waals surface area contributed by atoms with Gasteiger partial charge < -0.3 is 15.8 Å². The zero-order chi connectivity index (χ0) is 13.0. The normalized spacial score (nSPS) is 18.6. The number of nitrogens with two attached hydrogens (primary N) is 1. The molecule has 1 fully saturated rings. The topological polar surface area (TPSA) is 64.4 Å². The molecule has 6 heteroatoms. The van der Waals surface area contributed by atoms with Gasteiger partial charge in [-0.3, -0.25) is 4.79 Å². The predicted molar refractivity (Wildman–Crippen MR) is 75.7 cm³/mol. The van der Waals surface area contributed by atoms with E-state index in [4.69, 9.17) is 10.5 Å². The van der Waals surface area contributed by atoms with Crippen LogP contribution in [0.4, 0.5) is 0 Å². The van der Waals surface area contributed by atoms with Crippen LogP contribution in [0.1, 0.15) is 17.7 Å². The van der Waals surface area contributed by atoms with E-state index in [1.54, 1.807) is 11.3 Å². The van der Waals surface area contributed by atoms with E-state index < -0.39 is 5.54 Å². The summed E-state index contributed by atoms with van der Waals surface area (Å²) in [5.74, 6) is -0.0542. The fourth-order valence-corrected chi connectivity index (χ4v) is 3.41. The molecule has 1 saturated heterocycles. The Balaban J connectivity index is 1.77. The molecular weight excluding hydrogens is 316 g/mol. The molecule has 0 radical (unpaired) electrons. The van der Waals surface area contributed by atoms with Crippen molar-refractivity contribution in [2.75, 3.05) is 19.8 Å². The van der Waals surface area contributed by atoms with Gasteiger partial charge in [0.25, 0.3) is 0 Å². The van der Waals surface area contributed by atoms with Gasteiger partial charge in [0, 0.05) is 24.6 Å². The molecule has 1 aliphatic rings. The third-order valence-electron chi connectivity index (χ3n) is 3.12. The highest BCUT2D eigenvalue weighted by atomic mass is 79.9. The molecule has 1 amide bonds. The second-order valence-corrected chi connectivity index (χ2v) is 7.03. The molecule has 0 bridgehead atoms. The number of halogens is 1. The Morgan fingerprint density at radius 2 is 2.22 bits per heavy atom. The van der Waals surface area contributed by atoms with Crippen LogP contribution in [0.2, 0.25) is 0 Å². The maximum Gasteiger partial charge on any atom is 0.240 e. The Kier molecular flexibility index (Phi) is 4.77. The van der Waals surface area contributed by atoms with Crippen molar-refractivity contribution in [3.63, 3.8) is 0 Å². The van der Waals surface area contributed by atoms with E-state index in [0.717, 1.165) is 10.2 Å². The summed E-state index contributed by atoms with van der Waals surface area (Å²) in [6.45, 7) is 1.77. The Bertz CT molecular complexity index is 416. The SMILES string of the molecule is NC1(C(=O)NCCc2ccc(Br)s2)CCOCC1. The maximum atomic E-state index is 12.0. The number of hydrogen-bond acceptors (Lipinski definition) is 4. The molecule has 0 saturated carbocycles. The van der Waals surface area contributed by atoms with E-state index in [2.05, 4.69) is 27.3 Å². The first-order chi connectivity index (χ1) is 8.60. The summed E-state index contributed by atoms with van der Waals surface area (Å²) < 4.78 is 6.34. The molecule has 3 N–H and O–H groups in total. The molecule has 18 heavy (non-hydrogen) atoms. The van der Waals surface area contributed by atoms with Gasteiger partial charge in [-0.2, -0.15) is 0 Å². The second kappa shape index (κ2) is 6.14. The monoisotopic (exact) mass is 332 g/mol. The first-order valence-corrected chi connectivity index (χ1v) is 7.60. The molecule has 2 rings (SSSR count). The van der Waals surface area contributed by atoms with E-state index >= 15 is 0 Å². The summed E-state index contributed by atoms with van der Waals surface area (Å²) in [6.07, 6.45) is 2.04. The van der Waals surface area contributed by atoms with Crippen molar-refractivity contribution in [1.29, 1.82) is 0 Å². The van der Waals surface area contributed by atoms with Gasteiger partial charge in [0.1, 0.15) is 0 Å². The van der Waals surface area contributed by atoms with Gasteiger partial charge in [-0.05, 0) is 47.3 Å². The van der Waals surface area contributed by atoms with Crippen molar-refractivity contribution in [3.8, 4) is 0 Å². The fraction of sp³-hybridized carbons (Fsp3) is 0.583. The van der Waals surface area contributed by atoms with Crippen molar-refractivity contribution in [2.24, 2.45) is 5.73 Å². The van der Waals surface area contributed by atoms with Crippen LogP contribution in [-0.2, 0) is 16.0 Å². The minimum atomic E-state index is -0.742. The molecule has 2 heterocycles. The van der Waals surface area contributed by atoms with Gasteiger partial charge in [0.2, 0.25) is 5.91 Å². The molecule has 1 aliphatic heterocycles. The van der Waals surface area contributed by atoms with Gasteiger partial charge in [-0.25, -0.2) is 0 Å². The molecule has 0 unspecified atom stereocenters. The van der Waals surface area contributed by atoms with Crippen molar-refractivity contribution in [1.82, 2.24) is 5.32 Å². The lowest BCUT2D eigenvalue weighted by molar-refractivity contribution is -0.129.